The maximum absolute atomic E-state index is 13.2. The van der Waals surface area contributed by atoms with Crippen LogP contribution in [0.5, 0.6) is 5.75 Å². The summed E-state index contributed by atoms with van der Waals surface area (Å²) in [5.74, 6) is 2.25. The van der Waals surface area contributed by atoms with Gasteiger partial charge in [0.2, 0.25) is 5.89 Å². The van der Waals surface area contributed by atoms with Crippen molar-refractivity contribution in [3.63, 3.8) is 0 Å². The minimum Gasteiger partial charge on any atom is -0.497 e. The van der Waals surface area contributed by atoms with Crippen LogP contribution in [-0.4, -0.2) is 34.6 Å². The zero-order chi connectivity index (χ0) is 19.1. The van der Waals surface area contributed by atoms with Crippen LogP contribution >= 0.6 is 0 Å². The molecule has 0 spiro atoms. The maximum Gasteiger partial charge on any atom is 0.290 e. The second-order valence-electron chi connectivity index (χ2n) is 7.22. The molecule has 7 heteroatoms. The summed E-state index contributed by atoms with van der Waals surface area (Å²) in [5, 5.41) is 4.95. The molecule has 3 heterocycles. The van der Waals surface area contributed by atoms with Crippen LogP contribution in [0.4, 0.5) is 0 Å². The highest BCUT2D eigenvalue weighted by Crippen LogP contribution is 2.35. The van der Waals surface area contributed by atoms with Gasteiger partial charge in [-0.15, -0.1) is 0 Å². The number of methoxy groups -OCH3 is 1. The van der Waals surface area contributed by atoms with Crippen molar-refractivity contribution in [1.82, 2.24) is 15.0 Å². The molecule has 1 saturated heterocycles. The first kappa shape index (κ1) is 17.6. The number of hydrogen-bond acceptors (Lipinski definition) is 6. The Labute approximate surface area is 157 Å². The number of rotatable bonds is 4. The fourth-order valence-corrected chi connectivity index (χ4v) is 3.55. The molecule has 4 rings (SSSR count). The zero-order valence-electron chi connectivity index (χ0n) is 16.0. The Morgan fingerprint density at radius 2 is 2.19 bits per heavy atom. The molecule has 2 aromatic heterocycles. The van der Waals surface area contributed by atoms with Gasteiger partial charge in [0.1, 0.15) is 17.4 Å². The molecule has 27 heavy (non-hydrogen) atoms. The highest BCUT2D eigenvalue weighted by atomic mass is 16.5. The number of benzene rings is 1. The molecule has 3 aromatic rings. The molecule has 1 fully saturated rings. The number of carbonyl (C=O) groups is 1. The van der Waals surface area contributed by atoms with Crippen molar-refractivity contribution in [1.29, 1.82) is 0 Å². The summed E-state index contributed by atoms with van der Waals surface area (Å²) in [6.07, 6.45) is 1.70. The molecule has 0 bridgehead atoms. The van der Waals surface area contributed by atoms with E-state index in [4.69, 9.17) is 13.7 Å². The number of amides is 1. The summed E-state index contributed by atoms with van der Waals surface area (Å²) in [5.41, 5.74) is 1.47. The Kier molecular flexibility index (Phi) is 4.37. The van der Waals surface area contributed by atoms with Crippen molar-refractivity contribution in [2.45, 2.75) is 45.6 Å². The molecule has 1 aromatic carbocycles. The number of likely N-dealkylation sites (tertiary alicyclic amines) is 1. The summed E-state index contributed by atoms with van der Waals surface area (Å²) in [6.45, 7) is 6.57. The molecule has 1 aliphatic rings. The molecular formula is C20H23N3O4. The summed E-state index contributed by atoms with van der Waals surface area (Å²) in [6, 6.07) is 5.37. The minimum atomic E-state index is -0.209. The van der Waals surface area contributed by atoms with Gasteiger partial charge < -0.3 is 18.6 Å². The topological polar surface area (TPSA) is 81.6 Å². The summed E-state index contributed by atoms with van der Waals surface area (Å²) >= 11 is 0. The van der Waals surface area contributed by atoms with E-state index in [-0.39, 0.29) is 17.9 Å². The van der Waals surface area contributed by atoms with Crippen molar-refractivity contribution >= 4 is 16.9 Å². The van der Waals surface area contributed by atoms with Crippen LogP contribution in [0.25, 0.3) is 11.0 Å². The van der Waals surface area contributed by atoms with Crippen molar-refractivity contribution in [3.05, 3.63) is 41.2 Å². The summed E-state index contributed by atoms with van der Waals surface area (Å²) in [7, 11) is 1.60. The van der Waals surface area contributed by atoms with E-state index in [0.29, 0.717) is 35.4 Å². The largest absolute Gasteiger partial charge is 0.497 e. The van der Waals surface area contributed by atoms with E-state index in [1.54, 1.807) is 18.1 Å². The van der Waals surface area contributed by atoms with Crippen molar-refractivity contribution in [2.75, 3.05) is 13.7 Å². The van der Waals surface area contributed by atoms with Gasteiger partial charge in [-0.05, 0) is 31.9 Å². The van der Waals surface area contributed by atoms with Crippen LogP contribution in [0.3, 0.4) is 0 Å². The number of furan rings is 1. The first-order valence-corrected chi connectivity index (χ1v) is 9.21. The molecule has 0 aliphatic carbocycles. The van der Waals surface area contributed by atoms with E-state index in [1.165, 1.54) is 0 Å². The van der Waals surface area contributed by atoms with Crippen LogP contribution in [-0.2, 0) is 0 Å². The molecule has 1 unspecified atom stereocenters. The fourth-order valence-electron chi connectivity index (χ4n) is 3.55. The lowest BCUT2D eigenvalue weighted by atomic mass is 10.1. The second kappa shape index (κ2) is 6.72. The number of fused-ring (bicyclic) bond motifs is 1. The molecule has 0 N–H and O–H groups in total. The average Bonchev–Trinajstić information content (AvgIpc) is 3.39. The summed E-state index contributed by atoms with van der Waals surface area (Å²) < 4.78 is 16.6. The average molecular weight is 369 g/mol. The van der Waals surface area contributed by atoms with E-state index in [9.17, 15) is 4.79 Å². The third-order valence-electron chi connectivity index (χ3n) is 5.11. The third kappa shape index (κ3) is 2.97. The summed E-state index contributed by atoms with van der Waals surface area (Å²) in [4.78, 5) is 19.5. The normalized spacial score (nSPS) is 17.2. The van der Waals surface area contributed by atoms with Gasteiger partial charge in [0.25, 0.3) is 5.91 Å². The van der Waals surface area contributed by atoms with Gasteiger partial charge >= 0.3 is 0 Å². The van der Waals surface area contributed by atoms with Gasteiger partial charge in [0, 0.05) is 29.5 Å². The van der Waals surface area contributed by atoms with Gasteiger partial charge in [-0.25, -0.2) is 0 Å². The highest BCUT2D eigenvalue weighted by molar-refractivity contribution is 5.99. The van der Waals surface area contributed by atoms with Crippen LogP contribution in [0, 0.1) is 6.92 Å². The molecule has 7 nitrogen and oxygen atoms in total. The van der Waals surface area contributed by atoms with Gasteiger partial charge in [0.15, 0.2) is 11.6 Å². The smallest absolute Gasteiger partial charge is 0.290 e. The molecule has 1 amide bonds. The maximum atomic E-state index is 13.2. The van der Waals surface area contributed by atoms with Crippen LogP contribution in [0.2, 0.25) is 0 Å². The van der Waals surface area contributed by atoms with Gasteiger partial charge in [0.05, 0.1) is 7.11 Å². The molecule has 0 saturated carbocycles. The number of ether oxygens (including phenoxy) is 1. The number of nitrogens with zero attached hydrogens (tertiary/aromatic N) is 3. The van der Waals surface area contributed by atoms with Crippen molar-refractivity contribution in [3.8, 4) is 5.75 Å². The van der Waals surface area contributed by atoms with E-state index in [1.807, 2.05) is 32.9 Å². The lowest BCUT2D eigenvalue weighted by molar-refractivity contribution is 0.0679. The SMILES string of the molecule is COc1ccc2c(C)c(C(=O)N3CCCC3c3nc(C(C)C)no3)oc2c1. The second-order valence-corrected chi connectivity index (χ2v) is 7.22. The Hall–Kier alpha value is -2.83. The zero-order valence-corrected chi connectivity index (χ0v) is 16.0. The van der Waals surface area contributed by atoms with Gasteiger partial charge in [-0.2, -0.15) is 4.98 Å². The van der Waals surface area contributed by atoms with E-state index >= 15 is 0 Å². The lowest BCUT2D eigenvalue weighted by Crippen LogP contribution is -2.30. The van der Waals surface area contributed by atoms with Gasteiger partial charge in [-0.1, -0.05) is 19.0 Å². The predicted octanol–water partition coefficient (Wildman–Crippen LogP) is 4.23. The van der Waals surface area contributed by atoms with Crippen LogP contribution < -0.4 is 4.74 Å². The number of carbonyl (C=O) groups excluding carboxylic acids is 1. The lowest BCUT2D eigenvalue weighted by Gasteiger charge is -2.20. The quantitative estimate of drug-likeness (QED) is 0.684. The van der Waals surface area contributed by atoms with Crippen molar-refractivity contribution < 1.29 is 18.5 Å². The number of aryl methyl sites for hydroxylation is 1. The Bertz CT molecular complexity index is 988. The van der Waals surface area contributed by atoms with Crippen LogP contribution in [0.15, 0.2) is 27.1 Å². The van der Waals surface area contributed by atoms with Gasteiger partial charge in [-0.3, -0.25) is 4.79 Å². The molecular weight excluding hydrogens is 346 g/mol. The fraction of sp³-hybridized carbons (Fsp3) is 0.450. The Morgan fingerprint density at radius 3 is 2.89 bits per heavy atom. The highest BCUT2D eigenvalue weighted by Gasteiger charge is 2.36. The molecule has 142 valence electrons. The molecule has 1 atom stereocenters. The Morgan fingerprint density at radius 1 is 1.37 bits per heavy atom. The first-order valence-electron chi connectivity index (χ1n) is 9.21. The number of aromatic nitrogens is 2. The van der Waals surface area contributed by atoms with E-state index < -0.39 is 0 Å². The van der Waals surface area contributed by atoms with Crippen LogP contribution in [0.1, 0.15) is 66.5 Å². The molecule has 1 aliphatic heterocycles. The van der Waals surface area contributed by atoms with E-state index in [0.717, 1.165) is 23.8 Å². The molecule has 0 radical (unpaired) electrons. The Balaban J connectivity index is 1.66. The predicted molar refractivity (Wildman–Crippen MR) is 98.9 cm³/mol. The van der Waals surface area contributed by atoms with Crippen molar-refractivity contribution in [2.24, 2.45) is 0 Å². The van der Waals surface area contributed by atoms with E-state index in [2.05, 4.69) is 10.1 Å². The number of hydrogen-bond donors (Lipinski definition) is 0. The first-order chi connectivity index (χ1) is 13.0. The minimum absolute atomic E-state index is 0.144. The third-order valence-corrected chi connectivity index (χ3v) is 5.11. The monoisotopic (exact) mass is 369 g/mol. The standard InChI is InChI=1S/C20H23N3O4/c1-11(2)18-21-19(27-22-18)15-6-5-9-23(15)20(24)17-12(3)14-8-7-13(25-4)10-16(14)26-17/h7-8,10-11,15H,5-6,9H2,1-4H3.